The summed E-state index contributed by atoms with van der Waals surface area (Å²) < 4.78 is 16.8. The molecule has 6 heteroatoms. The van der Waals surface area contributed by atoms with Crippen LogP contribution >= 0.6 is 0 Å². The Hall–Kier alpha value is -3.15. The summed E-state index contributed by atoms with van der Waals surface area (Å²) >= 11 is 0. The molecule has 0 aliphatic carbocycles. The second-order valence-corrected chi connectivity index (χ2v) is 18.8. The molecule has 0 aromatic rings. The highest BCUT2D eigenvalue weighted by Gasteiger charge is 2.19. The zero-order valence-corrected chi connectivity index (χ0v) is 44.2. The van der Waals surface area contributed by atoms with Crippen molar-refractivity contribution in [3.63, 3.8) is 0 Å². The number of carbonyl (C=O) groups is 3. The van der Waals surface area contributed by atoms with Crippen molar-refractivity contribution in [2.75, 3.05) is 13.2 Å². The van der Waals surface area contributed by atoms with E-state index in [1.165, 1.54) is 122 Å². The number of esters is 3. The van der Waals surface area contributed by atoms with Crippen LogP contribution in [0.4, 0.5) is 0 Å². The number of allylic oxidation sites excluding steroid dienone is 12. The van der Waals surface area contributed by atoms with E-state index in [1.54, 1.807) is 0 Å². The fourth-order valence-corrected chi connectivity index (χ4v) is 7.93. The molecule has 0 bridgehead atoms. The van der Waals surface area contributed by atoms with Gasteiger partial charge in [0.25, 0.3) is 0 Å². The summed E-state index contributed by atoms with van der Waals surface area (Å²) in [5.74, 6) is -0.906. The van der Waals surface area contributed by atoms with Crippen molar-refractivity contribution in [2.45, 2.75) is 284 Å². The van der Waals surface area contributed by atoms with Crippen molar-refractivity contribution < 1.29 is 28.6 Å². The van der Waals surface area contributed by atoms with Gasteiger partial charge >= 0.3 is 17.9 Å². The Bertz CT molecular complexity index is 1260. The lowest BCUT2D eigenvalue weighted by atomic mass is 10.0. The SMILES string of the molecule is CC/C=C\C/C=C\C/C=C\CCCCCCCC(=O)O[C@@H](COC(=O)CCCCCCCC/C=C\C/C=C\C/C=C\CCCCC)COC(=O)CCCCCCCCCCCCCCCCC. The van der Waals surface area contributed by atoms with E-state index in [-0.39, 0.29) is 31.1 Å². The van der Waals surface area contributed by atoms with Crippen LogP contribution in [0.3, 0.4) is 0 Å². The highest BCUT2D eigenvalue weighted by atomic mass is 16.6. The largest absolute Gasteiger partial charge is 0.462 e. The molecule has 0 aliphatic rings. The minimum Gasteiger partial charge on any atom is -0.462 e. The van der Waals surface area contributed by atoms with Gasteiger partial charge in [0, 0.05) is 19.3 Å². The summed E-state index contributed by atoms with van der Waals surface area (Å²) in [6.07, 6.45) is 70.3. The maximum atomic E-state index is 12.8. The molecule has 0 amide bonds. The third-order valence-corrected chi connectivity index (χ3v) is 12.2. The molecule has 0 aromatic carbocycles. The third-order valence-electron chi connectivity index (χ3n) is 12.2. The summed E-state index contributed by atoms with van der Waals surface area (Å²) in [5.41, 5.74) is 0. The van der Waals surface area contributed by atoms with Crippen LogP contribution in [-0.4, -0.2) is 37.2 Å². The van der Waals surface area contributed by atoms with Gasteiger partial charge in [0.05, 0.1) is 0 Å². The highest BCUT2D eigenvalue weighted by molar-refractivity contribution is 5.71. The molecule has 0 saturated carbocycles. The summed E-state index contributed by atoms with van der Waals surface area (Å²) in [4.78, 5) is 38.1. The molecule has 0 radical (unpaired) electrons. The molecule has 0 fully saturated rings. The summed E-state index contributed by atoms with van der Waals surface area (Å²) in [7, 11) is 0. The Morgan fingerprint density at radius 1 is 0.313 bits per heavy atom. The molecule has 0 spiro atoms. The van der Waals surface area contributed by atoms with Crippen molar-refractivity contribution in [1.29, 1.82) is 0 Å². The first kappa shape index (κ1) is 63.8. The quantitative estimate of drug-likeness (QED) is 0.0262. The molecule has 0 unspecified atom stereocenters. The van der Waals surface area contributed by atoms with Crippen LogP contribution in [0.5, 0.6) is 0 Å². The zero-order valence-electron chi connectivity index (χ0n) is 44.2. The van der Waals surface area contributed by atoms with E-state index in [2.05, 4.69) is 93.7 Å². The molecule has 0 N–H and O–H groups in total. The molecule has 0 aromatic heterocycles. The zero-order chi connectivity index (χ0) is 48.6. The molecule has 0 saturated heterocycles. The number of carbonyl (C=O) groups excluding carboxylic acids is 3. The molecule has 0 heterocycles. The van der Waals surface area contributed by atoms with Gasteiger partial charge in [-0.25, -0.2) is 0 Å². The average Bonchev–Trinajstić information content (AvgIpc) is 3.33. The average molecular weight is 936 g/mol. The van der Waals surface area contributed by atoms with Crippen LogP contribution in [0.2, 0.25) is 0 Å². The normalized spacial score (nSPS) is 12.6. The predicted octanol–water partition coefficient (Wildman–Crippen LogP) is 19.0. The van der Waals surface area contributed by atoms with Gasteiger partial charge in [-0.3, -0.25) is 14.4 Å². The first-order valence-corrected chi connectivity index (χ1v) is 28.4. The molecule has 6 nitrogen and oxygen atoms in total. The lowest BCUT2D eigenvalue weighted by Gasteiger charge is -2.18. The van der Waals surface area contributed by atoms with Gasteiger partial charge in [-0.05, 0) is 89.9 Å². The van der Waals surface area contributed by atoms with E-state index in [9.17, 15) is 14.4 Å². The fraction of sp³-hybridized carbons (Fsp3) is 0.754. The van der Waals surface area contributed by atoms with Gasteiger partial charge in [0.2, 0.25) is 0 Å². The molecular weight excluding hydrogens is 829 g/mol. The molecule has 386 valence electrons. The van der Waals surface area contributed by atoms with Crippen LogP contribution in [-0.2, 0) is 28.6 Å². The van der Waals surface area contributed by atoms with Crippen molar-refractivity contribution in [1.82, 2.24) is 0 Å². The monoisotopic (exact) mass is 935 g/mol. The minimum atomic E-state index is -0.789. The predicted molar refractivity (Wildman–Crippen MR) is 288 cm³/mol. The standard InChI is InChI=1S/C61H106O6/c1-4-7-10-13-16-19-22-25-28-29-30-31-34-36-39-42-45-48-51-54-60(63)66-57-58(67-61(64)55-52-49-46-43-40-37-33-27-24-21-18-15-12-9-6-3)56-65-59(62)53-50-47-44-41-38-35-32-26-23-20-17-14-11-8-5-2/h9,12,16,18-19,21,25,27-28,30-31,33,58H,4-8,10-11,13-15,17,20,22-24,26,29,32,34-57H2,1-3H3/b12-9-,19-16-,21-18-,28-25-,31-30-,33-27-/t58-/m1/s1. The number of unbranched alkanes of at least 4 members (excludes halogenated alkanes) is 28. The summed E-state index contributed by atoms with van der Waals surface area (Å²) in [6.45, 7) is 6.50. The third kappa shape index (κ3) is 53.7. The Morgan fingerprint density at radius 3 is 0.940 bits per heavy atom. The lowest BCUT2D eigenvalue weighted by Crippen LogP contribution is -2.30. The first-order valence-electron chi connectivity index (χ1n) is 28.4. The molecule has 1 atom stereocenters. The fourth-order valence-electron chi connectivity index (χ4n) is 7.93. The van der Waals surface area contributed by atoms with E-state index in [1.807, 2.05) is 0 Å². The molecular formula is C61H106O6. The smallest absolute Gasteiger partial charge is 0.306 e. The van der Waals surface area contributed by atoms with Crippen molar-refractivity contribution >= 4 is 17.9 Å². The van der Waals surface area contributed by atoms with E-state index in [0.717, 1.165) is 116 Å². The van der Waals surface area contributed by atoms with Crippen LogP contribution in [0.25, 0.3) is 0 Å². The summed E-state index contributed by atoms with van der Waals surface area (Å²) in [6, 6.07) is 0. The van der Waals surface area contributed by atoms with Crippen LogP contribution in [0.15, 0.2) is 72.9 Å². The Labute approximate surface area is 414 Å². The van der Waals surface area contributed by atoms with Crippen LogP contribution < -0.4 is 0 Å². The van der Waals surface area contributed by atoms with Gasteiger partial charge in [-0.1, -0.05) is 241 Å². The van der Waals surface area contributed by atoms with Crippen LogP contribution in [0.1, 0.15) is 278 Å². The van der Waals surface area contributed by atoms with E-state index in [0.29, 0.717) is 19.3 Å². The number of hydrogen-bond donors (Lipinski definition) is 0. The lowest BCUT2D eigenvalue weighted by molar-refractivity contribution is -0.167. The van der Waals surface area contributed by atoms with Gasteiger partial charge < -0.3 is 14.2 Å². The Kier molecular flexibility index (Phi) is 52.8. The maximum absolute atomic E-state index is 12.8. The summed E-state index contributed by atoms with van der Waals surface area (Å²) in [5, 5.41) is 0. The van der Waals surface area contributed by atoms with Crippen molar-refractivity contribution in [3.05, 3.63) is 72.9 Å². The molecule has 0 aliphatic heterocycles. The van der Waals surface area contributed by atoms with Crippen LogP contribution in [0, 0.1) is 0 Å². The molecule has 0 rings (SSSR count). The van der Waals surface area contributed by atoms with Gasteiger partial charge in [-0.15, -0.1) is 0 Å². The minimum absolute atomic E-state index is 0.0848. The van der Waals surface area contributed by atoms with Gasteiger partial charge in [0.15, 0.2) is 6.10 Å². The van der Waals surface area contributed by atoms with E-state index >= 15 is 0 Å². The first-order chi connectivity index (χ1) is 33.0. The number of ether oxygens (including phenoxy) is 3. The highest BCUT2D eigenvalue weighted by Crippen LogP contribution is 2.16. The second kappa shape index (κ2) is 55.4. The maximum Gasteiger partial charge on any atom is 0.306 e. The molecule has 67 heavy (non-hydrogen) atoms. The number of hydrogen-bond acceptors (Lipinski definition) is 6. The number of rotatable bonds is 51. The van der Waals surface area contributed by atoms with Gasteiger partial charge in [0.1, 0.15) is 13.2 Å². The van der Waals surface area contributed by atoms with E-state index in [4.69, 9.17) is 14.2 Å². The van der Waals surface area contributed by atoms with Crippen molar-refractivity contribution in [3.8, 4) is 0 Å². The van der Waals surface area contributed by atoms with Crippen molar-refractivity contribution in [2.24, 2.45) is 0 Å². The Balaban J connectivity index is 4.41. The van der Waals surface area contributed by atoms with Gasteiger partial charge in [-0.2, -0.15) is 0 Å². The second-order valence-electron chi connectivity index (χ2n) is 18.8. The topological polar surface area (TPSA) is 78.9 Å². The van der Waals surface area contributed by atoms with E-state index < -0.39 is 6.10 Å². The Morgan fingerprint density at radius 2 is 0.582 bits per heavy atom.